The van der Waals surface area contributed by atoms with Gasteiger partial charge in [-0.3, -0.25) is 9.59 Å². The molecule has 1 aromatic carbocycles. The minimum atomic E-state index is -0.850. The fraction of sp³-hybridized carbons (Fsp3) is 0.450. The van der Waals surface area contributed by atoms with E-state index in [1.165, 1.54) is 0 Å². The first-order chi connectivity index (χ1) is 13.4. The number of carbonyl (C=O) groups is 2. The van der Waals surface area contributed by atoms with Gasteiger partial charge in [-0.05, 0) is 57.7 Å². The number of hydrogen-bond donors (Lipinski definition) is 1. The molecule has 0 atom stereocenters. The van der Waals surface area contributed by atoms with Gasteiger partial charge in [-0.15, -0.1) is 0 Å². The SMILES string of the molecule is CCn1c(=O)c(C)nc2cc(C(=O)OCC(=O)NC3(C#N)CCCC3)ccc21. The first-order valence-electron chi connectivity index (χ1n) is 9.30. The fourth-order valence-electron chi connectivity index (χ4n) is 3.58. The number of carbonyl (C=O) groups excluding carboxylic acids is 2. The van der Waals surface area contributed by atoms with Crippen molar-refractivity contribution in [2.24, 2.45) is 0 Å². The van der Waals surface area contributed by atoms with Gasteiger partial charge in [0.2, 0.25) is 0 Å². The van der Waals surface area contributed by atoms with Crippen molar-refractivity contribution >= 4 is 22.9 Å². The van der Waals surface area contributed by atoms with Crippen molar-refractivity contribution in [2.45, 2.75) is 51.6 Å². The number of ether oxygens (including phenoxy) is 1. The van der Waals surface area contributed by atoms with Crippen LogP contribution in [0.25, 0.3) is 11.0 Å². The number of aromatic nitrogens is 2. The maximum atomic E-state index is 12.3. The molecule has 8 heteroatoms. The highest BCUT2D eigenvalue weighted by Crippen LogP contribution is 2.28. The molecule has 1 amide bonds. The molecule has 1 saturated carbocycles. The summed E-state index contributed by atoms with van der Waals surface area (Å²) >= 11 is 0. The predicted molar refractivity (Wildman–Crippen MR) is 102 cm³/mol. The van der Waals surface area contributed by atoms with Gasteiger partial charge in [0, 0.05) is 6.54 Å². The van der Waals surface area contributed by atoms with Crippen molar-refractivity contribution in [3.63, 3.8) is 0 Å². The second-order valence-corrected chi connectivity index (χ2v) is 6.98. The summed E-state index contributed by atoms with van der Waals surface area (Å²) in [6.07, 6.45) is 3.00. The van der Waals surface area contributed by atoms with E-state index >= 15 is 0 Å². The van der Waals surface area contributed by atoms with E-state index in [0.29, 0.717) is 36.1 Å². The highest BCUT2D eigenvalue weighted by atomic mass is 16.5. The predicted octanol–water partition coefficient (Wildman–Crippen LogP) is 1.83. The zero-order chi connectivity index (χ0) is 20.3. The third kappa shape index (κ3) is 3.74. The van der Waals surface area contributed by atoms with Gasteiger partial charge in [-0.2, -0.15) is 5.26 Å². The summed E-state index contributed by atoms with van der Waals surface area (Å²) in [7, 11) is 0. The molecule has 2 aromatic rings. The van der Waals surface area contributed by atoms with Gasteiger partial charge in [0.1, 0.15) is 11.2 Å². The molecule has 0 bridgehead atoms. The van der Waals surface area contributed by atoms with Gasteiger partial charge in [-0.1, -0.05) is 0 Å². The van der Waals surface area contributed by atoms with Crippen LogP contribution in [0.1, 0.15) is 48.7 Å². The molecule has 0 aliphatic heterocycles. The van der Waals surface area contributed by atoms with Crippen LogP contribution in [-0.2, 0) is 16.1 Å². The molecule has 1 aromatic heterocycles. The zero-order valence-corrected chi connectivity index (χ0v) is 15.9. The second kappa shape index (κ2) is 7.80. The summed E-state index contributed by atoms with van der Waals surface area (Å²) in [5, 5.41) is 12.0. The van der Waals surface area contributed by atoms with Crippen LogP contribution in [0.5, 0.6) is 0 Å². The highest BCUT2D eigenvalue weighted by molar-refractivity contribution is 5.94. The summed E-state index contributed by atoms with van der Waals surface area (Å²) < 4.78 is 6.68. The number of hydrogen-bond acceptors (Lipinski definition) is 6. The number of aryl methyl sites for hydroxylation is 2. The number of nitrogens with one attached hydrogen (secondary N) is 1. The Bertz CT molecular complexity index is 1030. The van der Waals surface area contributed by atoms with Crippen LogP contribution in [0, 0.1) is 18.3 Å². The number of esters is 1. The van der Waals surface area contributed by atoms with Crippen molar-refractivity contribution in [1.82, 2.24) is 14.9 Å². The molecule has 8 nitrogen and oxygen atoms in total. The van der Waals surface area contributed by atoms with Gasteiger partial charge in [0.05, 0.1) is 22.7 Å². The summed E-state index contributed by atoms with van der Waals surface area (Å²) in [6.45, 7) is 3.52. The zero-order valence-electron chi connectivity index (χ0n) is 15.9. The smallest absolute Gasteiger partial charge is 0.338 e. The minimum absolute atomic E-state index is 0.166. The van der Waals surface area contributed by atoms with E-state index in [1.54, 1.807) is 29.7 Å². The van der Waals surface area contributed by atoms with Gasteiger partial charge in [0.15, 0.2) is 6.61 Å². The lowest BCUT2D eigenvalue weighted by Crippen LogP contribution is -2.46. The molecular weight excluding hydrogens is 360 g/mol. The van der Waals surface area contributed by atoms with Crippen molar-refractivity contribution in [3.05, 3.63) is 39.8 Å². The van der Waals surface area contributed by atoms with Gasteiger partial charge in [-0.25, -0.2) is 9.78 Å². The Hall–Kier alpha value is -3.21. The van der Waals surface area contributed by atoms with Crippen LogP contribution in [0.15, 0.2) is 23.0 Å². The van der Waals surface area contributed by atoms with Crippen LogP contribution >= 0.6 is 0 Å². The van der Waals surface area contributed by atoms with Crippen molar-refractivity contribution in [2.75, 3.05) is 6.61 Å². The summed E-state index contributed by atoms with van der Waals surface area (Å²) in [5.74, 6) is -1.16. The first kappa shape index (κ1) is 19.5. The van der Waals surface area contributed by atoms with Gasteiger partial charge < -0.3 is 14.6 Å². The number of rotatable bonds is 5. The Labute approximate surface area is 162 Å². The van der Waals surface area contributed by atoms with E-state index in [2.05, 4.69) is 16.4 Å². The van der Waals surface area contributed by atoms with E-state index in [-0.39, 0.29) is 11.1 Å². The second-order valence-electron chi connectivity index (χ2n) is 6.98. The van der Waals surface area contributed by atoms with E-state index in [0.717, 1.165) is 12.8 Å². The lowest BCUT2D eigenvalue weighted by Gasteiger charge is -2.21. The monoisotopic (exact) mass is 382 g/mol. The number of benzene rings is 1. The molecule has 146 valence electrons. The Morgan fingerprint density at radius 3 is 2.71 bits per heavy atom. The lowest BCUT2D eigenvalue weighted by molar-refractivity contribution is -0.125. The first-order valence-corrected chi connectivity index (χ1v) is 9.30. The van der Waals surface area contributed by atoms with Crippen molar-refractivity contribution in [3.8, 4) is 6.07 Å². The van der Waals surface area contributed by atoms with E-state index in [1.807, 2.05) is 6.92 Å². The fourth-order valence-corrected chi connectivity index (χ4v) is 3.58. The molecule has 1 aliphatic rings. The molecule has 1 heterocycles. The third-order valence-corrected chi connectivity index (χ3v) is 5.05. The standard InChI is InChI=1S/C20H22N4O4/c1-3-24-16-7-6-14(10-15(16)22-13(2)18(24)26)19(27)28-11-17(25)23-20(12-21)8-4-5-9-20/h6-7,10H,3-5,8-9,11H2,1-2H3,(H,23,25). The molecule has 1 aliphatic carbocycles. The molecular formula is C20H22N4O4. The molecule has 0 saturated heterocycles. The van der Waals surface area contributed by atoms with E-state index in [9.17, 15) is 19.6 Å². The van der Waals surface area contributed by atoms with Crippen LogP contribution < -0.4 is 10.9 Å². The normalized spacial score (nSPS) is 15.2. The molecule has 0 spiro atoms. The van der Waals surface area contributed by atoms with Crippen LogP contribution in [0.2, 0.25) is 0 Å². The largest absolute Gasteiger partial charge is 0.452 e. The summed E-state index contributed by atoms with van der Waals surface area (Å²) in [6, 6.07) is 6.89. The molecule has 3 rings (SSSR count). The topological polar surface area (TPSA) is 114 Å². The van der Waals surface area contributed by atoms with Crippen LogP contribution in [0.4, 0.5) is 0 Å². The Kier molecular flexibility index (Phi) is 5.45. The highest BCUT2D eigenvalue weighted by Gasteiger charge is 2.35. The lowest BCUT2D eigenvalue weighted by atomic mass is 10.00. The summed E-state index contributed by atoms with van der Waals surface area (Å²) in [5.41, 5.74) is 0.705. The average molecular weight is 382 g/mol. The molecule has 1 N–H and O–H groups in total. The van der Waals surface area contributed by atoms with E-state index < -0.39 is 24.0 Å². The molecule has 1 fully saturated rings. The number of amides is 1. The van der Waals surface area contributed by atoms with E-state index in [4.69, 9.17) is 4.74 Å². The Balaban J connectivity index is 1.72. The Morgan fingerprint density at radius 1 is 1.36 bits per heavy atom. The van der Waals surface area contributed by atoms with Crippen LogP contribution in [-0.4, -0.2) is 33.6 Å². The van der Waals surface area contributed by atoms with Crippen LogP contribution in [0.3, 0.4) is 0 Å². The van der Waals surface area contributed by atoms with Crippen molar-refractivity contribution < 1.29 is 14.3 Å². The minimum Gasteiger partial charge on any atom is -0.452 e. The third-order valence-electron chi connectivity index (χ3n) is 5.05. The summed E-state index contributed by atoms with van der Waals surface area (Å²) in [4.78, 5) is 40.8. The van der Waals surface area contributed by atoms with Gasteiger partial charge >= 0.3 is 5.97 Å². The number of nitrogens with zero attached hydrogens (tertiary/aromatic N) is 3. The average Bonchev–Trinajstić information content (AvgIpc) is 3.15. The molecule has 0 unspecified atom stereocenters. The van der Waals surface area contributed by atoms with Crippen molar-refractivity contribution in [1.29, 1.82) is 5.26 Å². The van der Waals surface area contributed by atoms with Gasteiger partial charge in [0.25, 0.3) is 11.5 Å². The number of nitriles is 1. The number of fused-ring (bicyclic) bond motifs is 1. The maximum Gasteiger partial charge on any atom is 0.338 e. The molecule has 0 radical (unpaired) electrons. The molecule has 28 heavy (non-hydrogen) atoms. The Morgan fingerprint density at radius 2 is 2.07 bits per heavy atom. The maximum absolute atomic E-state index is 12.3. The quantitative estimate of drug-likeness (QED) is 0.789.